The number of nitrogens with one attached hydrogen (secondary N) is 2. The van der Waals surface area contributed by atoms with Crippen molar-refractivity contribution in [3.8, 4) is 0 Å². The van der Waals surface area contributed by atoms with Crippen molar-refractivity contribution in [1.29, 1.82) is 0 Å². The van der Waals surface area contributed by atoms with Crippen LogP contribution >= 0.6 is 0 Å². The third-order valence-corrected chi connectivity index (χ3v) is 4.76. The van der Waals surface area contributed by atoms with Crippen molar-refractivity contribution in [2.24, 2.45) is 5.92 Å². The van der Waals surface area contributed by atoms with Crippen molar-refractivity contribution in [3.63, 3.8) is 0 Å². The number of rotatable bonds is 6. The predicted molar refractivity (Wildman–Crippen MR) is 74.3 cm³/mol. The Labute approximate surface area is 107 Å². The average molecular weight is 238 g/mol. The van der Waals surface area contributed by atoms with E-state index in [1.165, 1.54) is 57.9 Å². The molecule has 0 spiro atoms. The fourth-order valence-electron chi connectivity index (χ4n) is 3.81. The Bertz CT molecular complexity index is 211. The summed E-state index contributed by atoms with van der Waals surface area (Å²) in [6.07, 6.45) is 11.0. The third-order valence-electron chi connectivity index (χ3n) is 4.76. The molecule has 1 aliphatic carbocycles. The van der Waals surface area contributed by atoms with E-state index in [-0.39, 0.29) is 0 Å². The van der Waals surface area contributed by atoms with Gasteiger partial charge in [0.05, 0.1) is 0 Å². The van der Waals surface area contributed by atoms with Gasteiger partial charge in [0, 0.05) is 18.1 Å². The van der Waals surface area contributed by atoms with Crippen molar-refractivity contribution in [1.82, 2.24) is 10.6 Å². The molecule has 2 fully saturated rings. The molecule has 0 aromatic carbocycles. The molecule has 17 heavy (non-hydrogen) atoms. The summed E-state index contributed by atoms with van der Waals surface area (Å²) in [5.41, 5.74) is 0. The molecule has 2 N–H and O–H groups in total. The van der Waals surface area contributed by atoms with Gasteiger partial charge in [0.15, 0.2) is 0 Å². The second kappa shape index (κ2) is 6.75. The Balaban J connectivity index is 1.85. The zero-order chi connectivity index (χ0) is 12.1. The third kappa shape index (κ3) is 3.45. The van der Waals surface area contributed by atoms with Gasteiger partial charge in [-0.2, -0.15) is 0 Å². The Morgan fingerprint density at radius 2 is 2.06 bits per heavy atom. The van der Waals surface area contributed by atoms with Gasteiger partial charge in [-0.15, -0.1) is 0 Å². The van der Waals surface area contributed by atoms with Crippen LogP contribution in [0.5, 0.6) is 0 Å². The predicted octanol–water partition coefficient (Wildman–Crippen LogP) is 3.08. The smallest absolute Gasteiger partial charge is 0.0113 e. The molecular formula is C15H30N2. The summed E-state index contributed by atoms with van der Waals surface area (Å²) in [7, 11) is 0. The monoisotopic (exact) mass is 238 g/mol. The number of hydrogen-bond acceptors (Lipinski definition) is 2. The first-order valence-electron chi connectivity index (χ1n) is 7.84. The van der Waals surface area contributed by atoms with Crippen molar-refractivity contribution in [2.75, 3.05) is 6.54 Å². The lowest BCUT2D eigenvalue weighted by Crippen LogP contribution is -2.45. The molecule has 1 aliphatic heterocycles. The highest BCUT2D eigenvalue weighted by molar-refractivity contribution is 4.94. The number of hydrogen-bond donors (Lipinski definition) is 2. The summed E-state index contributed by atoms with van der Waals surface area (Å²) in [5, 5.41) is 7.67. The van der Waals surface area contributed by atoms with E-state index in [0.29, 0.717) is 0 Å². The molecule has 1 heterocycles. The van der Waals surface area contributed by atoms with Gasteiger partial charge in [-0.05, 0) is 51.0 Å². The van der Waals surface area contributed by atoms with Gasteiger partial charge < -0.3 is 10.6 Å². The van der Waals surface area contributed by atoms with E-state index in [9.17, 15) is 0 Å². The molecular weight excluding hydrogens is 208 g/mol. The maximum absolute atomic E-state index is 3.95. The Hall–Kier alpha value is -0.0800. The minimum absolute atomic E-state index is 0.756. The van der Waals surface area contributed by atoms with Crippen LogP contribution in [-0.2, 0) is 0 Å². The van der Waals surface area contributed by atoms with Gasteiger partial charge >= 0.3 is 0 Å². The van der Waals surface area contributed by atoms with Crippen LogP contribution in [0.15, 0.2) is 0 Å². The van der Waals surface area contributed by atoms with Crippen LogP contribution in [0, 0.1) is 5.92 Å². The average Bonchev–Trinajstić information content (AvgIpc) is 2.98. The summed E-state index contributed by atoms with van der Waals surface area (Å²) < 4.78 is 0. The minimum Gasteiger partial charge on any atom is -0.314 e. The van der Waals surface area contributed by atoms with Crippen LogP contribution in [0.3, 0.4) is 0 Å². The largest absolute Gasteiger partial charge is 0.314 e. The summed E-state index contributed by atoms with van der Waals surface area (Å²) in [5.74, 6) is 0.906. The van der Waals surface area contributed by atoms with E-state index in [4.69, 9.17) is 0 Å². The molecule has 100 valence electrons. The molecule has 1 saturated heterocycles. The van der Waals surface area contributed by atoms with E-state index < -0.39 is 0 Å². The van der Waals surface area contributed by atoms with Crippen molar-refractivity contribution in [2.45, 2.75) is 83.3 Å². The van der Waals surface area contributed by atoms with Gasteiger partial charge in [-0.25, -0.2) is 0 Å². The summed E-state index contributed by atoms with van der Waals surface area (Å²) >= 11 is 0. The van der Waals surface area contributed by atoms with Crippen LogP contribution in [0.1, 0.15) is 65.2 Å². The van der Waals surface area contributed by atoms with Gasteiger partial charge in [0.2, 0.25) is 0 Å². The summed E-state index contributed by atoms with van der Waals surface area (Å²) in [4.78, 5) is 0. The lowest BCUT2D eigenvalue weighted by Gasteiger charge is -2.30. The molecule has 0 aromatic rings. The summed E-state index contributed by atoms with van der Waals surface area (Å²) in [6.45, 7) is 5.88. The molecule has 1 saturated carbocycles. The highest BCUT2D eigenvalue weighted by atomic mass is 15.0. The van der Waals surface area contributed by atoms with E-state index in [1.807, 2.05) is 0 Å². The van der Waals surface area contributed by atoms with Gasteiger partial charge in [0.25, 0.3) is 0 Å². The van der Waals surface area contributed by atoms with Crippen molar-refractivity contribution < 1.29 is 0 Å². The maximum Gasteiger partial charge on any atom is 0.0113 e. The zero-order valence-corrected chi connectivity index (χ0v) is 11.7. The molecule has 2 nitrogen and oxygen atoms in total. The lowest BCUT2D eigenvalue weighted by atomic mass is 9.92. The molecule has 0 amide bonds. The second-order valence-electron chi connectivity index (χ2n) is 5.96. The fourth-order valence-corrected chi connectivity index (χ4v) is 3.81. The normalized spacial score (nSPS) is 35.3. The Morgan fingerprint density at radius 1 is 1.18 bits per heavy atom. The molecule has 0 bridgehead atoms. The van der Waals surface area contributed by atoms with Crippen LogP contribution in [0.4, 0.5) is 0 Å². The SMILES string of the molecule is CCCC(CC)NC1CCCC1C1CCCN1. The van der Waals surface area contributed by atoms with E-state index in [0.717, 1.165) is 24.0 Å². The highest BCUT2D eigenvalue weighted by Crippen LogP contribution is 2.32. The Kier molecular flexibility index (Phi) is 5.30. The quantitative estimate of drug-likeness (QED) is 0.743. The van der Waals surface area contributed by atoms with Crippen LogP contribution in [0.25, 0.3) is 0 Å². The maximum atomic E-state index is 3.95. The van der Waals surface area contributed by atoms with E-state index in [1.54, 1.807) is 0 Å². The van der Waals surface area contributed by atoms with E-state index in [2.05, 4.69) is 24.5 Å². The first-order valence-corrected chi connectivity index (χ1v) is 7.84. The Morgan fingerprint density at radius 3 is 2.71 bits per heavy atom. The van der Waals surface area contributed by atoms with Crippen molar-refractivity contribution >= 4 is 0 Å². The van der Waals surface area contributed by atoms with Gasteiger partial charge in [0.1, 0.15) is 0 Å². The first kappa shape index (κ1) is 13.4. The topological polar surface area (TPSA) is 24.1 Å². The van der Waals surface area contributed by atoms with Gasteiger partial charge in [-0.3, -0.25) is 0 Å². The van der Waals surface area contributed by atoms with Crippen LogP contribution < -0.4 is 10.6 Å². The highest BCUT2D eigenvalue weighted by Gasteiger charge is 2.35. The van der Waals surface area contributed by atoms with Gasteiger partial charge in [-0.1, -0.05) is 26.7 Å². The van der Waals surface area contributed by atoms with Crippen LogP contribution in [-0.4, -0.2) is 24.7 Å². The molecule has 2 heteroatoms. The second-order valence-corrected chi connectivity index (χ2v) is 5.96. The standard InChI is InChI=1S/C15H30N2/c1-3-7-12(4-2)17-15-9-5-8-13(15)14-10-6-11-16-14/h12-17H,3-11H2,1-2H3. The first-order chi connectivity index (χ1) is 8.35. The minimum atomic E-state index is 0.756. The van der Waals surface area contributed by atoms with E-state index >= 15 is 0 Å². The molecule has 4 atom stereocenters. The molecule has 2 aliphatic rings. The zero-order valence-electron chi connectivity index (χ0n) is 11.7. The fraction of sp³-hybridized carbons (Fsp3) is 1.00. The van der Waals surface area contributed by atoms with Crippen LogP contribution in [0.2, 0.25) is 0 Å². The molecule has 0 radical (unpaired) electrons. The molecule has 0 aromatic heterocycles. The summed E-state index contributed by atoms with van der Waals surface area (Å²) in [6, 6.07) is 2.36. The molecule has 2 rings (SSSR count). The lowest BCUT2D eigenvalue weighted by molar-refractivity contribution is 0.288. The molecule has 4 unspecified atom stereocenters. The van der Waals surface area contributed by atoms with Crippen molar-refractivity contribution in [3.05, 3.63) is 0 Å².